The van der Waals surface area contributed by atoms with Crippen molar-refractivity contribution in [2.75, 3.05) is 0 Å². The second-order valence-electron chi connectivity index (χ2n) is 4.83. The minimum absolute atomic E-state index is 0.716. The Morgan fingerprint density at radius 2 is 1.95 bits per heavy atom. The fourth-order valence-electron chi connectivity index (χ4n) is 2.21. The van der Waals surface area contributed by atoms with Gasteiger partial charge in [-0.2, -0.15) is 0 Å². The van der Waals surface area contributed by atoms with Gasteiger partial charge in [-0.15, -0.1) is 17.9 Å². The van der Waals surface area contributed by atoms with Crippen LogP contribution >= 0.6 is 11.3 Å². The largest absolute Gasteiger partial charge is 0.461 e. The van der Waals surface area contributed by atoms with Crippen molar-refractivity contribution in [3.63, 3.8) is 0 Å². The number of hydrogen-bond donors (Lipinski definition) is 0. The Labute approximate surface area is 133 Å². The van der Waals surface area contributed by atoms with Gasteiger partial charge in [0.2, 0.25) is 10.0 Å². The monoisotopic (exact) mass is 333 g/mol. The molecular weight excluding hydrogens is 318 g/mol. The lowest BCUT2D eigenvalue weighted by Crippen LogP contribution is -2.17. The van der Waals surface area contributed by atoms with E-state index >= 15 is 0 Å². The summed E-state index contributed by atoms with van der Waals surface area (Å²) in [7, 11) is -3.55. The maximum atomic E-state index is 12.6. The molecule has 0 saturated carbocycles. The molecule has 1 unspecified atom stereocenters. The van der Waals surface area contributed by atoms with Gasteiger partial charge in [-0.1, -0.05) is 6.08 Å². The van der Waals surface area contributed by atoms with Crippen LogP contribution < -0.4 is 0 Å². The van der Waals surface area contributed by atoms with Crippen LogP contribution in [0.4, 0.5) is 0 Å². The van der Waals surface area contributed by atoms with Gasteiger partial charge in [0.05, 0.1) is 4.88 Å². The van der Waals surface area contributed by atoms with Crippen LogP contribution in [0, 0.1) is 6.92 Å². The van der Waals surface area contributed by atoms with Gasteiger partial charge in [0.15, 0.2) is 0 Å². The summed E-state index contributed by atoms with van der Waals surface area (Å²) in [6.07, 6.45) is 4.50. The van der Waals surface area contributed by atoms with Crippen molar-refractivity contribution in [2.45, 2.75) is 12.2 Å². The smallest absolute Gasteiger partial charge is 0.249 e. The van der Waals surface area contributed by atoms with Crippen molar-refractivity contribution in [1.82, 2.24) is 3.97 Å². The van der Waals surface area contributed by atoms with Crippen LogP contribution in [-0.2, 0) is 10.0 Å². The Morgan fingerprint density at radius 3 is 2.55 bits per heavy atom. The van der Waals surface area contributed by atoms with E-state index in [-0.39, 0.29) is 0 Å². The molecule has 3 aromatic rings. The van der Waals surface area contributed by atoms with E-state index in [9.17, 15) is 8.42 Å². The molecule has 0 radical (unpaired) electrons. The minimum Gasteiger partial charge on any atom is -0.461 e. The molecule has 0 aliphatic rings. The van der Waals surface area contributed by atoms with E-state index < -0.39 is 15.3 Å². The van der Waals surface area contributed by atoms with Crippen LogP contribution in [-0.4, -0.2) is 12.4 Å². The molecule has 3 heterocycles. The SMILES string of the molecule is C=CC(c1ccc(-c2ccc(C)o2)s1)S(=O)(=O)n1cccc1. The molecule has 3 aromatic heterocycles. The van der Waals surface area contributed by atoms with Crippen molar-refractivity contribution in [2.24, 2.45) is 0 Å². The van der Waals surface area contributed by atoms with Crippen LogP contribution in [0.15, 0.2) is 65.9 Å². The van der Waals surface area contributed by atoms with Gasteiger partial charge < -0.3 is 4.42 Å². The number of nitrogens with zero attached hydrogens (tertiary/aromatic N) is 1. The zero-order valence-electron chi connectivity index (χ0n) is 12.0. The van der Waals surface area contributed by atoms with Gasteiger partial charge in [-0.3, -0.25) is 3.97 Å². The van der Waals surface area contributed by atoms with Crippen LogP contribution in [0.25, 0.3) is 10.6 Å². The molecule has 0 saturated heterocycles. The zero-order valence-corrected chi connectivity index (χ0v) is 13.6. The summed E-state index contributed by atoms with van der Waals surface area (Å²) in [5, 5.41) is -0.783. The maximum Gasteiger partial charge on any atom is 0.249 e. The first-order valence-electron chi connectivity index (χ1n) is 6.69. The van der Waals surface area contributed by atoms with Crippen LogP contribution in [0.2, 0.25) is 0 Å². The molecule has 0 fully saturated rings. The number of thiophene rings is 1. The third-order valence-electron chi connectivity index (χ3n) is 3.30. The lowest BCUT2D eigenvalue weighted by molar-refractivity contribution is 0.549. The van der Waals surface area contributed by atoms with E-state index in [0.29, 0.717) is 4.88 Å². The highest BCUT2D eigenvalue weighted by molar-refractivity contribution is 7.90. The topological polar surface area (TPSA) is 52.2 Å². The molecule has 0 spiro atoms. The van der Waals surface area contributed by atoms with Crippen LogP contribution in [0.1, 0.15) is 15.9 Å². The Balaban J connectivity index is 1.99. The Kier molecular flexibility index (Phi) is 3.80. The number of aryl methyl sites for hydroxylation is 1. The number of rotatable bonds is 5. The average molecular weight is 333 g/mol. The first-order chi connectivity index (χ1) is 10.5. The van der Waals surface area contributed by atoms with Crippen molar-refractivity contribution in [3.8, 4) is 10.6 Å². The molecule has 0 aliphatic carbocycles. The second-order valence-corrected chi connectivity index (χ2v) is 7.90. The Bertz CT molecular complexity index is 886. The predicted octanol–water partition coefficient (Wildman–Crippen LogP) is 4.22. The van der Waals surface area contributed by atoms with E-state index in [0.717, 1.165) is 16.4 Å². The van der Waals surface area contributed by atoms with Crippen LogP contribution in [0.5, 0.6) is 0 Å². The lowest BCUT2D eigenvalue weighted by atomic mass is 10.3. The predicted molar refractivity (Wildman–Crippen MR) is 88.4 cm³/mol. The van der Waals surface area contributed by atoms with E-state index in [1.807, 2.05) is 31.2 Å². The highest BCUT2D eigenvalue weighted by Gasteiger charge is 2.27. The van der Waals surface area contributed by atoms with Crippen molar-refractivity contribution in [1.29, 1.82) is 0 Å². The number of furan rings is 1. The van der Waals surface area contributed by atoms with E-state index in [1.165, 1.54) is 33.8 Å². The molecule has 6 heteroatoms. The lowest BCUT2D eigenvalue weighted by Gasteiger charge is -2.13. The number of aromatic nitrogens is 1. The fraction of sp³-hybridized carbons (Fsp3) is 0.125. The summed E-state index contributed by atoms with van der Waals surface area (Å²) < 4.78 is 32.1. The molecule has 114 valence electrons. The third-order valence-corrected chi connectivity index (χ3v) is 6.55. The Hall–Kier alpha value is -2.05. The van der Waals surface area contributed by atoms with Crippen molar-refractivity contribution < 1.29 is 12.8 Å². The molecule has 3 rings (SSSR count). The maximum absolute atomic E-state index is 12.6. The van der Waals surface area contributed by atoms with Gasteiger partial charge in [0.1, 0.15) is 16.8 Å². The highest BCUT2D eigenvalue weighted by atomic mass is 32.2. The van der Waals surface area contributed by atoms with E-state index in [4.69, 9.17) is 4.42 Å². The quantitative estimate of drug-likeness (QED) is 0.657. The molecule has 0 amide bonds. The second kappa shape index (κ2) is 5.62. The molecule has 0 bridgehead atoms. The fourth-order valence-corrected chi connectivity index (χ4v) is 5.02. The summed E-state index contributed by atoms with van der Waals surface area (Å²) in [4.78, 5) is 1.62. The third kappa shape index (κ3) is 2.55. The van der Waals surface area contributed by atoms with Gasteiger partial charge in [0, 0.05) is 17.3 Å². The standard InChI is InChI=1S/C16H15NO3S2/c1-3-16(22(18,19)17-10-4-5-11-17)15-9-8-14(21-15)13-7-6-12(2)20-13/h3-11,16H,1H2,2H3. The number of hydrogen-bond acceptors (Lipinski definition) is 4. The molecule has 22 heavy (non-hydrogen) atoms. The normalized spacial score (nSPS) is 13.1. The van der Waals surface area contributed by atoms with Gasteiger partial charge >= 0.3 is 0 Å². The van der Waals surface area contributed by atoms with Gasteiger partial charge in [-0.25, -0.2) is 8.42 Å². The summed E-state index contributed by atoms with van der Waals surface area (Å²) in [5.74, 6) is 1.57. The summed E-state index contributed by atoms with van der Waals surface area (Å²) in [6.45, 7) is 5.57. The highest BCUT2D eigenvalue weighted by Crippen LogP contribution is 2.36. The van der Waals surface area contributed by atoms with Crippen LogP contribution in [0.3, 0.4) is 0 Å². The minimum atomic E-state index is -3.55. The van der Waals surface area contributed by atoms with E-state index in [1.54, 1.807) is 12.1 Å². The van der Waals surface area contributed by atoms with Crippen molar-refractivity contribution >= 4 is 21.4 Å². The molecule has 0 aromatic carbocycles. The summed E-state index contributed by atoms with van der Waals surface area (Å²) in [5.41, 5.74) is 0. The van der Waals surface area contributed by atoms with E-state index in [2.05, 4.69) is 6.58 Å². The molecular formula is C16H15NO3S2. The Morgan fingerprint density at radius 1 is 1.23 bits per heavy atom. The molecule has 1 atom stereocenters. The molecule has 0 aliphatic heterocycles. The summed E-state index contributed by atoms with van der Waals surface area (Å²) in [6, 6.07) is 10.8. The van der Waals surface area contributed by atoms with Gasteiger partial charge in [-0.05, 0) is 43.3 Å². The first-order valence-corrected chi connectivity index (χ1v) is 9.01. The van der Waals surface area contributed by atoms with Crippen molar-refractivity contribution in [3.05, 3.63) is 72.1 Å². The average Bonchev–Trinajstić information content (AvgIpc) is 3.19. The van der Waals surface area contributed by atoms with Gasteiger partial charge in [0.25, 0.3) is 0 Å². The molecule has 4 nitrogen and oxygen atoms in total. The first kappa shape index (κ1) is 14.9. The molecule has 0 N–H and O–H groups in total. The zero-order chi connectivity index (χ0) is 15.7. The summed E-state index contributed by atoms with van der Waals surface area (Å²) >= 11 is 1.40.